The number of hydrogen-bond donors (Lipinski definition) is 2. The number of hydrogen-bond acceptors (Lipinski definition) is 2. The van der Waals surface area contributed by atoms with E-state index in [1.165, 1.54) is 0 Å². The van der Waals surface area contributed by atoms with E-state index in [9.17, 15) is 4.79 Å². The van der Waals surface area contributed by atoms with Gasteiger partial charge in [0, 0.05) is 24.3 Å². The molecule has 0 atom stereocenters. The zero-order valence-electron chi connectivity index (χ0n) is 10.2. The maximum atomic E-state index is 11.5. The number of benzene rings is 1. The molecule has 1 aromatic rings. The molecule has 0 saturated carbocycles. The maximum absolute atomic E-state index is 11.5. The molecule has 0 aliphatic rings. The van der Waals surface area contributed by atoms with Crippen LogP contribution in [0, 0.1) is 0 Å². The highest BCUT2D eigenvalue weighted by Gasteiger charge is 2.06. The first-order valence-corrected chi connectivity index (χ1v) is 5.79. The van der Waals surface area contributed by atoms with E-state index in [0.717, 1.165) is 18.5 Å². The fourth-order valence-electron chi connectivity index (χ4n) is 1.62. The van der Waals surface area contributed by atoms with Crippen LogP contribution < -0.4 is 10.6 Å². The van der Waals surface area contributed by atoms with Crippen molar-refractivity contribution in [2.45, 2.75) is 32.7 Å². The van der Waals surface area contributed by atoms with Crippen molar-refractivity contribution in [1.82, 2.24) is 5.32 Å². The second-order valence-corrected chi connectivity index (χ2v) is 3.82. The van der Waals surface area contributed by atoms with Gasteiger partial charge in [0.1, 0.15) is 0 Å². The molecule has 1 amide bonds. The molecule has 0 radical (unpaired) electrons. The lowest BCUT2D eigenvalue weighted by Gasteiger charge is -2.16. The van der Waals surface area contributed by atoms with E-state index in [-0.39, 0.29) is 5.91 Å². The molecule has 0 bridgehead atoms. The maximum Gasteiger partial charge on any atom is 0.251 e. The zero-order chi connectivity index (χ0) is 12.0. The number of amides is 1. The molecule has 0 spiro atoms. The molecular formula is C13H20N2O. The minimum absolute atomic E-state index is 0.0480. The number of carbonyl (C=O) groups is 1. The molecular weight excluding hydrogens is 200 g/mol. The summed E-state index contributed by atoms with van der Waals surface area (Å²) >= 11 is 0. The van der Waals surface area contributed by atoms with Crippen LogP contribution in [-0.2, 0) is 0 Å². The SMILES string of the molecule is CCC(CC)Nc1cccc(C(=O)NC)c1. The van der Waals surface area contributed by atoms with Gasteiger partial charge in [-0.15, -0.1) is 0 Å². The van der Waals surface area contributed by atoms with E-state index in [1.54, 1.807) is 7.05 Å². The number of carbonyl (C=O) groups excluding carboxylic acids is 1. The summed E-state index contributed by atoms with van der Waals surface area (Å²) in [5, 5.41) is 6.04. The van der Waals surface area contributed by atoms with Gasteiger partial charge in [-0.3, -0.25) is 4.79 Å². The van der Waals surface area contributed by atoms with Crippen molar-refractivity contribution in [3.63, 3.8) is 0 Å². The lowest BCUT2D eigenvalue weighted by Crippen LogP contribution is -2.19. The molecule has 16 heavy (non-hydrogen) atoms. The van der Waals surface area contributed by atoms with E-state index < -0.39 is 0 Å². The van der Waals surface area contributed by atoms with Crippen molar-refractivity contribution in [1.29, 1.82) is 0 Å². The predicted molar refractivity (Wildman–Crippen MR) is 67.8 cm³/mol. The van der Waals surface area contributed by atoms with Gasteiger partial charge in [0.2, 0.25) is 0 Å². The van der Waals surface area contributed by atoms with Gasteiger partial charge >= 0.3 is 0 Å². The molecule has 0 aliphatic carbocycles. The van der Waals surface area contributed by atoms with E-state index in [0.29, 0.717) is 11.6 Å². The first-order chi connectivity index (χ1) is 7.71. The lowest BCUT2D eigenvalue weighted by atomic mass is 10.1. The first-order valence-electron chi connectivity index (χ1n) is 5.79. The average molecular weight is 220 g/mol. The molecule has 2 N–H and O–H groups in total. The Kier molecular flexibility index (Phi) is 4.83. The van der Waals surface area contributed by atoms with Gasteiger partial charge in [0.15, 0.2) is 0 Å². The molecule has 0 unspecified atom stereocenters. The van der Waals surface area contributed by atoms with Crippen molar-refractivity contribution in [3.05, 3.63) is 29.8 Å². The van der Waals surface area contributed by atoms with E-state index in [4.69, 9.17) is 0 Å². The van der Waals surface area contributed by atoms with Crippen molar-refractivity contribution in [3.8, 4) is 0 Å². The molecule has 0 fully saturated rings. The topological polar surface area (TPSA) is 41.1 Å². The summed E-state index contributed by atoms with van der Waals surface area (Å²) < 4.78 is 0. The van der Waals surface area contributed by atoms with Gasteiger partial charge in [-0.05, 0) is 31.0 Å². The Morgan fingerprint density at radius 3 is 2.56 bits per heavy atom. The highest BCUT2D eigenvalue weighted by atomic mass is 16.1. The Morgan fingerprint density at radius 2 is 2.00 bits per heavy atom. The number of rotatable bonds is 5. The number of anilines is 1. The Balaban J connectivity index is 2.78. The summed E-state index contributed by atoms with van der Waals surface area (Å²) in [6, 6.07) is 8.06. The standard InChI is InChI=1S/C13H20N2O/c1-4-11(5-2)15-12-8-6-7-10(9-12)13(16)14-3/h6-9,11,15H,4-5H2,1-3H3,(H,14,16). The third-order valence-corrected chi connectivity index (χ3v) is 2.71. The minimum atomic E-state index is -0.0480. The molecule has 88 valence electrons. The van der Waals surface area contributed by atoms with Crippen LogP contribution in [0.15, 0.2) is 24.3 Å². The van der Waals surface area contributed by atoms with Crippen LogP contribution in [0.3, 0.4) is 0 Å². The Morgan fingerprint density at radius 1 is 1.31 bits per heavy atom. The third-order valence-electron chi connectivity index (χ3n) is 2.71. The van der Waals surface area contributed by atoms with E-state index >= 15 is 0 Å². The van der Waals surface area contributed by atoms with Crippen LogP contribution >= 0.6 is 0 Å². The van der Waals surface area contributed by atoms with Crippen LogP contribution in [0.5, 0.6) is 0 Å². The normalized spacial score (nSPS) is 10.2. The molecule has 3 nitrogen and oxygen atoms in total. The molecule has 0 saturated heterocycles. The third kappa shape index (κ3) is 3.26. The van der Waals surface area contributed by atoms with Crippen LogP contribution in [-0.4, -0.2) is 19.0 Å². The van der Waals surface area contributed by atoms with Crippen molar-refractivity contribution in [2.24, 2.45) is 0 Å². The number of nitrogens with one attached hydrogen (secondary N) is 2. The Bertz CT molecular complexity index is 346. The summed E-state index contributed by atoms with van der Waals surface area (Å²) in [6.07, 6.45) is 2.17. The second kappa shape index (κ2) is 6.16. The van der Waals surface area contributed by atoms with Crippen molar-refractivity contribution < 1.29 is 4.79 Å². The van der Waals surface area contributed by atoms with Crippen molar-refractivity contribution >= 4 is 11.6 Å². The highest BCUT2D eigenvalue weighted by Crippen LogP contribution is 2.14. The zero-order valence-corrected chi connectivity index (χ0v) is 10.2. The Hall–Kier alpha value is -1.51. The smallest absolute Gasteiger partial charge is 0.251 e. The molecule has 3 heteroatoms. The molecule has 0 heterocycles. The van der Waals surface area contributed by atoms with Gasteiger partial charge in [-0.1, -0.05) is 19.9 Å². The average Bonchev–Trinajstić information content (AvgIpc) is 2.35. The first kappa shape index (κ1) is 12.6. The van der Waals surface area contributed by atoms with Crippen LogP contribution in [0.4, 0.5) is 5.69 Å². The molecule has 1 aromatic carbocycles. The summed E-state index contributed by atoms with van der Waals surface area (Å²) in [7, 11) is 1.64. The summed E-state index contributed by atoms with van der Waals surface area (Å²) in [4.78, 5) is 11.5. The van der Waals surface area contributed by atoms with Gasteiger partial charge in [-0.2, -0.15) is 0 Å². The minimum Gasteiger partial charge on any atom is -0.382 e. The van der Waals surface area contributed by atoms with Crippen molar-refractivity contribution in [2.75, 3.05) is 12.4 Å². The monoisotopic (exact) mass is 220 g/mol. The highest BCUT2D eigenvalue weighted by molar-refractivity contribution is 5.94. The molecule has 1 rings (SSSR count). The summed E-state index contributed by atoms with van der Waals surface area (Å²) in [5.74, 6) is -0.0480. The van der Waals surface area contributed by atoms with Crippen LogP contribution in [0.1, 0.15) is 37.0 Å². The largest absolute Gasteiger partial charge is 0.382 e. The quantitative estimate of drug-likeness (QED) is 0.801. The van der Waals surface area contributed by atoms with E-state index in [1.807, 2.05) is 24.3 Å². The Labute approximate surface area is 97.2 Å². The fraction of sp³-hybridized carbons (Fsp3) is 0.462. The molecule has 0 aliphatic heterocycles. The summed E-state index contributed by atoms with van der Waals surface area (Å²) in [6.45, 7) is 4.31. The summed E-state index contributed by atoms with van der Waals surface area (Å²) in [5.41, 5.74) is 1.70. The fourth-order valence-corrected chi connectivity index (χ4v) is 1.62. The second-order valence-electron chi connectivity index (χ2n) is 3.82. The van der Waals surface area contributed by atoms with E-state index in [2.05, 4.69) is 24.5 Å². The molecule has 0 aromatic heterocycles. The lowest BCUT2D eigenvalue weighted by molar-refractivity contribution is 0.0963. The van der Waals surface area contributed by atoms with Gasteiger partial charge in [0.25, 0.3) is 5.91 Å². The predicted octanol–water partition coefficient (Wildman–Crippen LogP) is 2.65. The van der Waals surface area contributed by atoms with Gasteiger partial charge < -0.3 is 10.6 Å². The van der Waals surface area contributed by atoms with Gasteiger partial charge in [-0.25, -0.2) is 0 Å². The van der Waals surface area contributed by atoms with Crippen LogP contribution in [0.2, 0.25) is 0 Å². The van der Waals surface area contributed by atoms with Crippen LogP contribution in [0.25, 0.3) is 0 Å². The van der Waals surface area contributed by atoms with Gasteiger partial charge in [0.05, 0.1) is 0 Å².